The van der Waals surface area contributed by atoms with E-state index >= 15 is 0 Å². The fourth-order valence-corrected chi connectivity index (χ4v) is 4.32. The van der Waals surface area contributed by atoms with Crippen LogP contribution in [0.1, 0.15) is 42.1 Å². The molecule has 2 aromatic heterocycles. The Labute approximate surface area is 189 Å². The molecule has 3 heterocycles. The first kappa shape index (κ1) is 22.3. The zero-order valence-electron chi connectivity index (χ0n) is 17.6. The maximum absolute atomic E-state index is 13.3. The lowest BCUT2D eigenvalue weighted by Crippen LogP contribution is -2.43. The highest BCUT2D eigenvalue weighted by molar-refractivity contribution is 7.78. The van der Waals surface area contributed by atoms with E-state index < -0.39 is 17.1 Å². The van der Waals surface area contributed by atoms with Gasteiger partial charge in [0, 0.05) is 30.9 Å². The van der Waals surface area contributed by atoms with Crippen LogP contribution >= 0.6 is 0 Å². The topological polar surface area (TPSA) is 116 Å². The van der Waals surface area contributed by atoms with Gasteiger partial charge in [-0.25, -0.2) is 15.0 Å². The minimum atomic E-state index is -2.12. The molecule has 168 valence electrons. The van der Waals surface area contributed by atoms with Gasteiger partial charge in [0.1, 0.15) is 12.4 Å². The molecular weight excluding hydrogens is 428 g/mol. The fraction of sp³-hybridized carbons (Fsp3) is 0.364. The third-order valence-corrected chi connectivity index (χ3v) is 6.03. The number of likely N-dealkylation sites (tertiary alicyclic amines) is 1. The summed E-state index contributed by atoms with van der Waals surface area (Å²) in [6.07, 6.45) is 9.97. The van der Waals surface area contributed by atoms with Crippen molar-refractivity contribution in [1.82, 2.24) is 29.7 Å². The lowest BCUT2D eigenvalue weighted by molar-refractivity contribution is -0.127. The van der Waals surface area contributed by atoms with Crippen molar-refractivity contribution in [2.24, 2.45) is 0 Å². The average molecular weight is 454 g/mol. The lowest BCUT2D eigenvalue weighted by Gasteiger charge is -2.33. The predicted octanol–water partition coefficient (Wildman–Crippen LogP) is 1.88. The summed E-state index contributed by atoms with van der Waals surface area (Å²) in [5.74, 6) is 0.337. The quantitative estimate of drug-likeness (QED) is 0.518. The van der Waals surface area contributed by atoms with Gasteiger partial charge in [0.2, 0.25) is 11.9 Å². The first-order chi connectivity index (χ1) is 15.6. The number of nitrogens with one attached hydrogen (secondary N) is 1. The standard InChI is InChI=1S/C22H26N6O3S/c29-21(25-14-17-4-6-18(7-5-17)15-32(30)31)20(27-11-2-1-3-12-27)19-8-9-24-22(26-19)28-13-10-23-16-28/h4-10,13,16,20H,1-3,11-12,14-15H2,(H,25,29)(H,30,31)/p-1. The number of carbonyl (C=O) groups excluding carboxylic acids is 1. The number of carbonyl (C=O) groups is 1. The van der Waals surface area contributed by atoms with Gasteiger partial charge in [0.05, 0.1) is 5.69 Å². The van der Waals surface area contributed by atoms with Crippen LogP contribution in [0.3, 0.4) is 0 Å². The summed E-state index contributed by atoms with van der Waals surface area (Å²) in [6, 6.07) is 8.47. The van der Waals surface area contributed by atoms with Gasteiger partial charge in [-0.05, 0) is 43.1 Å². The Morgan fingerprint density at radius 3 is 2.53 bits per heavy atom. The third-order valence-electron chi connectivity index (χ3n) is 5.46. The summed E-state index contributed by atoms with van der Waals surface area (Å²) in [6.45, 7) is 2.02. The minimum absolute atomic E-state index is 0.0172. The van der Waals surface area contributed by atoms with Crippen molar-refractivity contribution < 1.29 is 13.6 Å². The molecule has 1 N–H and O–H groups in total. The van der Waals surface area contributed by atoms with Crippen molar-refractivity contribution in [2.45, 2.75) is 37.6 Å². The Hall–Kier alpha value is -2.95. The van der Waals surface area contributed by atoms with E-state index in [1.54, 1.807) is 47.7 Å². The number of piperidine rings is 1. The molecule has 2 atom stereocenters. The molecule has 0 spiro atoms. The Balaban J connectivity index is 1.51. The Morgan fingerprint density at radius 2 is 1.84 bits per heavy atom. The zero-order valence-corrected chi connectivity index (χ0v) is 18.4. The normalized spacial score (nSPS) is 16.4. The van der Waals surface area contributed by atoms with Crippen molar-refractivity contribution in [2.75, 3.05) is 13.1 Å². The molecule has 9 nitrogen and oxygen atoms in total. The van der Waals surface area contributed by atoms with Crippen LogP contribution in [0, 0.1) is 0 Å². The van der Waals surface area contributed by atoms with Crippen LogP contribution in [0.4, 0.5) is 0 Å². The summed E-state index contributed by atoms with van der Waals surface area (Å²) >= 11 is -2.12. The van der Waals surface area contributed by atoms with Crippen molar-refractivity contribution in [3.63, 3.8) is 0 Å². The van der Waals surface area contributed by atoms with Gasteiger partial charge in [0.25, 0.3) is 0 Å². The van der Waals surface area contributed by atoms with Gasteiger partial charge in [-0.3, -0.25) is 18.5 Å². The lowest BCUT2D eigenvalue weighted by atomic mass is 10.0. The number of aromatic nitrogens is 4. The monoisotopic (exact) mass is 453 g/mol. The maximum atomic E-state index is 13.3. The van der Waals surface area contributed by atoms with E-state index in [9.17, 15) is 13.6 Å². The highest BCUT2D eigenvalue weighted by Gasteiger charge is 2.30. The third kappa shape index (κ3) is 5.64. The summed E-state index contributed by atoms with van der Waals surface area (Å²) < 4.78 is 23.4. The molecular formula is C22H25N6O3S-. The second-order valence-corrected chi connectivity index (χ2v) is 8.63. The van der Waals surface area contributed by atoms with Crippen LogP contribution in [0.15, 0.2) is 55.2 Å². The van der Waals surface area contributed by atoms with Gasteiger partial charge in [0.15, 0.2) is 0 Å². The Bertz CT molecular complexity index is 1050. The van der Waals surface area contributed by atoms with Gasteiger partial charge in [-0.2, -0.15) is 0 Å². The van der Waals surface area contributed by atoms with E-state index in [-0.39, 0.29) is 11.7 Å². The molecule has 1 aliphatic heterocycles. The van der Waals surface area contributed by atoms with Gasteiger partial charge >= 0.3 is 0 Å². The second-order valence-electron chi connectivity index (χ2n) is 7.73. The minimum Gasteiger partial charge on any atom is -0.772 e. The molecule has 10 heteroatoms. The van der Waals surface area contributed by atoms with E-state index in [4.69, 9.17) is 0 Å². The molecule has 32 heavy (non-hydrogen) atoms. The van der Waals surface area contributed by atoms with E-state index in [1.807, 2.05) is 12.1 Å². The van der Waals surface area contributed by atoms with Crippen LogP contribution in [0.2, 0.25) is 0 Å². The van der Waals surface area contributed by atoms with E-state index in [1.165, 1.54) is 0 Å². The number of imidazole rings is 1. The number of benzene rings is 1. The smallest absolute Gasteiger partial charge is 0.243 e. The Morgan fingerprint density at radius 1 is 1.09 bits per heavy atom. The summed E-state index contributed by atoms with van der Waals surface area (Å²) in [5.41, 5.74) is 2.27. The molecule has 1 amide bonds. The van der Waals surface area contributed by atoms with Crippen molar-refractivity contribution in [3.8, 4) is 5.95 Å². The predicted molar refractivity (Wildman–Crippen MR) is 118 cm³/mol. The highest BCUT2D eigenvalue weighted by Crippen LogP contribution is 2.24. The molecule has 3 aromatic rings. The molecule has 0 aliphatic carbocycles. The molecule has 1 aromatic carbocycles. The molecule has 4 rings (SSSR count). The highest BCUT2D eigenvalue weighted by atomic mass is 32.2. The summed E-state index contributed by atoms with van der Waals surface area (Å²) in [7, 11) is 0. The van der Waals surface area contributed by atoms with Crippen molar-refractivity contribution >= 4 is 17.0 Å². The second kappa shape index (κ2) is 10.6. The Kier molecular flexibility index (Phi) is 7.35. The van der Waals surface area contributed by atoms with Gasteiger partial charge < -0.3 is 9.87 Å². The summed E-state index contributed by atoms with van der Waals surface area (Å²) in [5, 5.41) is 3.03. The number of amides is 1. The van der Waals surface area contributed by atoms with Gasteiger partial charge in [-0.1, -0.05) is 41.8 Å². The van der Waals surface area contributed by atoms with E-state index in [0.717, 1.165) is 37.9 Å². The molecule has 1 aliphatic rings. The molecule has 1 saturated heterocycles. The summed E-state index contributed by atoms with van der Waals surface area (Å²) in [4.78, 5) is 28.5. The average Bonchev–Trinajstić information content (AvgIpc) is 3.35. The molecule has 0 bridgehead atoms. The number of hydrogen-bond acceptors (Lipinski definition) is 7. The molecule has 2 unspecified atom stereocenters. The fourth-order valence-electron chi connectivity index (χ4n) is 3.86. The number of hydrogen-bond donors (Lipinski definition) is 1. The van der Waals surface area contributed by atoms with Crippen LogP contribution < -0.4 is 5.32 Å². The van der Waals surface area contributed by atoms with Crippen LogP contribution in [0.25, 0.3) is 5.95 Å². The van der Waals surface area contributed by atoms with E-state index in [0.29, 0.717) is 23.8 Å². The zero-order chi connectivity index (χ0) is 22.3. The largest absolute Gasteiger partial charge is 0.772 e. The van der Waals surface area contributed by atoms with Gasteiger partial charge in [-0.15, -0.1) is 0 Å². The molecule has 1 fully saturated rings. The first-order valence-corrected chi connectivity index (χ1v) is 11.8. The van der Waals surface area contributed by atoms with Crippen LogP contribution in [0.5, 0.6) is 0 Å². The van der Waals surface area contributed by atoms with Crippen LogP contribution in [-0.4, -0.2) is 52.2 Å². The van der Waals surface area contributed by atoms with Crippen molar-refractivity contribution in [3.05, 3.63) is 72.1 Å². The van der Waals surface area contributed by atoms with Crippen LogP contribution in [-0.2, 0) is 28.2 Å². The number of nitrogens with zero attached hydrogens (tertiary/aromatic N) is 5. The van der Waals surface area contributed by atoms with E-state index in [2.05, 4.69) is 25.2 Å². The molecule has 0 radical (unpaired) electrons. The SMILES string of the molecule is O=C(NCc1ccc(CS(=O)[O-])cc1)C(c1ccnc(-n2ccnc2)n1)N1CCCCC1. The maximum Gasteiger partial charge on any atom is 0.243 e. The number of rotatable bonds is 8. The first-order valence-electron chi connectivity index (χ1n) is 10.6. The van der Waals surface area contributed by atoms with Crippen molar-refractivity contribution in [1.29, 1.82) is 0 Å². The molecule has 0 saturated carbocycles.